The molecule has 4 aromatic heterocycles. The molecule has 9 nitrogen and oxygen atoms in total. The zero-order chi connectivity index (χ0) is 24.7. The number of nitrogens with zero attached hydrogens (tertiary/aromatic N) is 7. The summed E-state index contributed by atoms with van der Waals surface area (Å²) >= 11 is 1.70. The molecule has 4 aromatic rings. The lowest BCUT2D eigenvalue weighted by atomic mass is 9.87. The smallest absolute Gasteiger partial charge is 0.225 e. The van der Waals surface area contributed by atoms with Crippen molar-refractivity contribution in [2.75, 3.05) is 58.5 Å². The van der Waals surface area contributed by atoms with E-state index in [1.165, 1.54) is 10.4 Å². The number of rotatable bonds is 7. The molecule has 0 aromatic carbocycles. The summed E-state index contributed by atoms with van der Waals surface area (Å²) in [5.74, 6) is 1.08. The molecule has 0 spiro atoms. The Morgan fingerprint density at radius 2 is 2.03 bits per heavy atom. The largest absolute Gasteiger partial charge is 0.375 e. The Morgan fingerprint density at radius 3 is 2.80 bits per heavy atom. The van der Waals surface area contributed by atoms with E-state index in [4.69, 9.17) is 0 Å². The number of fused-ring (bicyclic) bond motifs is 4. The van der Waals surface area contributed by atoms with Crippen LogP contribution in [0.25, 0.3) is 15.7 Å². The number of thiophene rings is 1. The lowest BCUT2D eigenvalue weighted by molar-refractivity contribution is -0.134. The van der Waals surface area contributed by atoms with Gasteiger partial charge in [-0.05, 0) is 51.1 Å². The predicted octanol–water partition coefficient (Wildman–Crippen LogP) is 3.27. The third-order valence-corrected chi connectivity index (χ3v) is 7.86. The van der Waals surface area contributed by atoms with Crippen LogP contribution in [0.5, 0.6) is 0 Å². The lowest BCUT2D eigenvalue weighted by Gasteiger charge is -2.27. The van der Waals surface area contributed by atoms with Crippen LogP contribution in [0.4, 0.5) is 17.2 Å². The molecule has 1 atom stereocenters. The van der Waals surface area contributed by atoms with E-state index in [-0.39, 0.29) is 11.8 Å². The van der Waals surface area contributed by atoms with Crippen molar-refractivity contribution < 1.29 is 4.79 Å². The maximum atomic E-state index is 13.1. The number of carbonyl (C=O) groups excluding carboxylic acids is 1. The summed E-state index contributed by atoms with van der Waals surface area (Å²) in [7, 11) is 10.0. The number of amides is 1. The third kappa shape index (κ3) is 4.55. The second-order valence-electron chi connectivity index (χ2n) is 9.70. The molecule has 0 radical (unpaired) electrons. The Bertz CT molecular complexity index is 1370. The molecule has 0 bridgehead atoms. The Kier molecular flexibility index (Phi) is 6.33. The standard InChI is InChI=1S/C25H32N8OS/c1-30(2)10-11-32(5)25(34)16-6-7-18-21(12-16)35-24-22(18)23(26-15-27-24)29-19-13-17-8-9-28-33(17)14-20(19)31(3)4/h8-9,13-16H,6-7,10-12H2,1-5H3,(H,26,27,29)/t16-/m0/s1. The molecule has 1 amide bonds. The van der Waals surface area contributed by atoms with Crippen molar-refractivity contribution in [2.24, 2.45) is 5.92 Å². The van der Waals surface area contributed by atoms with E-state index in [1.54, 1.807) is 23.9 Å². The average Bonchev–Trinajstić information content (AvgIpc) is 3.45. The van der Waals surface area contributed by atoms with Crippen molar-refractivity contribution in [3.63, 3.8) is 0 Å². The van der Waals surface area contributed by atoms with Crippen LogP contribution in [0.2, 0.25) is 0 Å². The highest BCUT2D eigenvalue weighted by Crippen LogP contribution is 2.41. The number of hydrogen-bond donors (Lipinski definition) is 1. The minimum absolute atomic E-state index is 0.0247. The maximum absolute atomic E-state index is 13.1. The van der Waals surface area contributed by atoms with Crippen LogP contribution in [-0.2, 0) is 17.6 Å². The molecule has 1 aliphatic rings. The van der Waals surface area contributed by atoms with Crippen molar-refractivity contribution in [3.05, 3.63) is 41.3 Å². The number of carbonyl (C=O) groups is 1. The maximum Gasteiger partial charge on any atom is 0.225 e. The van der Waals surface area contributed by atoms with Crippen LogP contribution in [-0.4, -0.2) is 83.6 Å². The van der Waals surface area contributed by atoms with Crippen LogP contribution >= 0.6 is 11.3 Å². The van der Waals surface area contributed by atoms with Crippen molar-refractivity contribution in [1.82, 2.24) is 29.4 Å². The van der Waals surface area contributed by atoms with E-state index < -0.39 is 0 Å². The van der Waals surface area contributed by atoms with Gasteiger partial charge in [0.25, 0.3) is 0 Å². The van der Waals surface area contributed by atoms with E-state index in [9.17, 15) is 4.79 Å². The molecule has 0 saturated heterocycles. The Hall–Kier alpha value is -3.24. The molecule has 1 N–H and O–H groups in total. The zero-order valence-electron chi connectivity index (χ0n) is 20.9. The van der Waals surface area contributed by atoms with Gasteiger partial charge in [-0.25, -0.2) is 14.5 Å². The molecule has 1 aliphatic carbocycles. The Labute approximate surface area is 209 Å². The highest BCUT2D eigenvalue weighted by atomic mass is 32.1. The Balaban J connectivity index is 1.44. The number of likely N-dealkylation sites (N-methyl/N-ethyl adjacent to an activating group) is 2. The summed E-state index contributed by atoms with van der Waals surface area (Å²) in [4.78, 5) is 30.6. The van der Waals surface area contributed by atoms with Crippen LogP contribution in [0.15, 0.2) is 30.9 Å². The summed E-state index contributed by atoms with van der Waals surface area (Å²) in [6, 6.07) is 4.08. The molecule has 184 valence electrons. The molecule has 35 heavy (non-hydrogen) atoms. The Morgan fingerprint density at radius 1 is 1.20 bits per heavy atom. The van der Waals surface area contributed by atoms with E-state index in [2.05, 4.69) is 36.2 Å². The van der Waals surface area contributed by atoms with Crippen molar-refractivity contribution in [2.45, 2.75) is 19.3 Å². The van der Waals surface area contributed by atoms with Crippen molar-refractivity contribution >= 4 is 50.2 Å². The number of nitrogens with one attached hydrogen (secondary N) is 1. The van der Waals surface area contributed by atoms with Gasteiger partial charge in [-0.2, -0.15) is 5.10 Å². The number of aryl methyl sites for hydroxylation is 1. The third-order valence-electron chi connectivity index (χ3n) is 6.70. The fourth-order valence-corrected chi connectivity index (χ4v) is 5.99. The molecule has 5 rings (SSSR count). The highest BCUT2D eigenvalue weighted by molar-refractivity contribution is 7.19. The number of hydrogen-bond acceptors (Lipinski definition) is 8. The second kappa shape index (κ2) is 9.43. The van der Waals surface area contributed by atoms with Crippen molar-refractivity contribution in [1.29, 1.82) is 0 Å². The highest BCUT2D eigenvalue weighted by Gasteiger charge is 2.30. The van der Waals surface area contributed by atoms with Crippen molar-refractivity contribution in [3.8, 4) is 0 Å². The fourth-order valence-electron chi connectivity index (χ4n) is 4.73. The molecule has 10 heteroatoms. The monoisotopic (exact) mass is 492 g/mol. The van der Waals surface area contributed by atoms with Crippen LogP contribution < -0.4 is 10.2 Å². The summed E-state index contributed by atoms with van der Waals surface area (Å²) < 4.78 is 1.87. The average molecular weight is 493 g/mol. The van der Waals surface area contributed by atoms with Gasteiger partial charge in [-0.1, -0.05) is 0 Å². The molecular formula is C25H32N8OS. The molecule has 0 aliphatic heterocycles. The van der Waals surface area contributed by atoms with Crippen LogP contribution in [0.3, 0.4) is 0 Å². The number of aromatic nitrogens is 4. The summed E-state index contributed by atoms with van der Waals surface area (Å²) in [6.07, 6.45) is 7.91. The molecule has 4 heterocycles. The van der Waals surface area contributed by atoms with Gasteiger partial charge in [0.2, 0.25) is 5.91 Å². The molecule has 0 unspecified atom stereocenters. The number of anilines is 3. The first-order valence-corrected chi connectivity index (χ1v) is 12.7. The van der Waals surface area contributed by atoms with E-state index >= 15 is 0 Å². The van der Waals surface area contributed by atoms with E-state index in [0.717, 1.165) is 65.3 Å². The minimum atomic E-state index is 0.0247. The second-order valence-corrected chi connectivity index (χ2v) is 10.8. The summed E-state index contributed by atoms with van der Waals surface area (Å²) in [5.41, 5.74) is 4.28. The first kappa shape index (κ1) is 23.5. The minimum Gasteiger partial charge on any atom is -0.375 e. The summed E-state index contributed by atoms with van der Waals surface area (Å²) in [6.45, 7) is 1.62. The normalized spacial score (nSPS) is 15.5. The van der Waals surface area contributed by atoms with Gasteiger partial charge in [-0.15, -0.1) is 11.3 Å². The van der Waals surface area contributed by atoms with Gasteiger partial charge in [0.05, 0.1) is 28.5 Å². The molecule has 0 saturated carbocycles. The number of pyridine rings is 1. The van der Waals surface area contributed by atoms with Gasteiger partial charge in [0.15, 0.2) is 0 Å². The summed E-state index contributed by atoms with van der Waals surface area (Å²) in [5, 5.41) is 9.04. The van der Waals surface area contributed by atoms with E-state index in [1.807, 2.05) is 56.9 Å². The topological polar surface area (TPSA) is 81.9 Å². The first-order valence-electron chi connectivity index (χ1n) is 11.9. The van der Waals surface area contributed by atoms with Gasteiger partial charge < -0.3 is 20.0 Å². The molecular weight excluding hydrogens is 460 g/mol. The van der Waals surface area contributed by atoms with Gasteiger partial charge in [0.1, 0.15) is 17.0 Å². The van der Waals surface area contributed by atoms with Crippen LogP contribution in [0.1, 0.15) is 16.9 Å². The fraction of sp³-hybridized carbons (Fsp3) is 0.440. The zero-order valence-corrected chi connectivity index (χ0v) is 21.8. The van der Waals surface area contributed by atoms with Gasteiger partial charge >= 0.3 is 0 Å². The molecule has 0 fully saturated rings. The first-order chi connectivity index (χ1) is 16.8. The quantitative estimate of drug-likeness (QED) is 0.424. The SMILES string of the molecule is CN(C)CCN(C)C(=O)[C@H]1CCc2c(sc3ncnc(Nc4cc5ccnn5cc4N(C)C)c23)C1. The predicted molar refractivity (Wildman–Crippen MR) is 142 cm³/mol. The lowest BCUT2D eigenvalue weighted by Crippen LogP contribution is -2.39. The van der Waals surface area contributed by atoms with Gasteiger partial charge in [0, 0.05) is 51.2 Å². The van der Waals surface area contributed by atoms with Gasteiger partial charge in [-0.3, -0.25) is 4.79 Å². The van der Waals surface area contributed by atoms with E-state index in [0.29, 0.717) is 0 Å². The van der Waals surface area contributed by atoms with Crippen LogP contribution in [0, 0.1) is 5.92 Å².